The summed E-state index contributed by atoms with van der Waals surface area (Å²) in [5.74, 6) is -1.12. The number of nitrogens with one attached hydrogen (secondary N) is 3. The molecule has 38 heavy (non-hydrogen) atoms. The van der Waals surface area contributed by atoms with Crippen molar-refractivity contribution in [3.8, 4) is 0 Å². The first-order chi connectivity index (χ1) is 18.3. The smallest absolute Gasteiger partial charge is 0.259 e. The van der Waals surface area contributed by atoms with Crippen LogP contribution in [0.5, 0.6) is 0 Å². The summed E-state index contributed by atoms with van der Waals surface area (Å²) >= 11 is 0. The molecule has 1 unspecified atom stereocenters. The molecule has 0 saturated carbocycles. The second-order valence-electron chi connectivity index (χ2n) is 9.53. The van der Waals surface area contributed by atoms with Gasteiger partial charge in [0.2, 0.25) is 5.91 Å². The van der Waals surface area contributed by atoms with Crippen molar-refractivity contribution in [1.29, 1.82) is 0 Å². The van der Waals surface area contributed by atoms with Gasteiger partial charge in [0, 0.05) is 65.5 Å². The van der Waals surface area contributed by atoms with Gasteiger partial charge in [0.05, 0.1) is 22.8 Å². The van der Waals surface area contributed by atoms with Gasteiger partial charge < -0.3 is 24.9 Å². The second kappa shape index (κ2) is 10.3. The first kappa shape index (κ1) is 25.4. The molecule has 9 heteroatoms. The zero-order chi connectivity index (χ0) is 27.0. The summed E-state index contributed by atoms with van der Waals surface area (Å²) in [4.78, 5) is 43.3. The molecule has 2 aromatic heterocycles. The highest BCUT2D eigenvalue weighted by Crippen LogP contribution is 2.39. The number of amides is 3. The molecule has 0 saturated heterocycles. The molecular weight excluding hydrogens is 482 g/mol. The molecule has 0 radical (unpaired) electrons. The number of aliphatic hydroxyl groups excluding tert-OH is 1. The molecule has 4 aromatic rings. The maximum atomic E-state index is 13.2. The zero-order valence-corrected chi connectivity index (χ0v) is 21.7. The number of para-hydroxylation sites is 1. The molecule has 3 amide bonds. The van der Waals surface area contributed by atoms with Gasteiger partial charge in [0.15, 0.2) is 0 Å². The quantitative estimate of drug-likeness (QED) is 0.256. The van der Waals surface area contributed by atoms with E-state index in [0.29, 0.717) is 28.9 Å². The van der Waals surface area contributed by atoms with E-state index in [0.717, 1.165) is 34.9 Å². The van der Waals surface area contributed by atoms with Crippen LogP contribution < -0.4 is 10.6 Å². The average molecular weight is 514 g/mol. The Bertz CT molecular complexity index is 1590. The van der Waals surface area contributed by atoms with Crippen molar-refractivity contribution < 1.29 is 19.5 Å². The van der Waals surface area contributed by atoms with E-state index in [1.807, 2.05) is 61.0 Å². The second-order valence-corrected chi connectivity index (χ2v) is 9.53. The van der Waals surface area contributed by atoms with E-state index in [1.165, 1.54) is 6.92 Å². The molecule has 1 aliphatic heterocycles. The lowest BCUT2D eigenvalue weighted by Crippen LogP contribution is -2.34. The minimum Gasteiger partial charge on any atom is -0.390 e. The maximum Gasteiger partial charge on any atom is 0.259 e. The molecule has 0 bridgehead atoms. The molecule has 0 fully saturated rings. The third-order valence-corrected chi connectivity index (χ3v) is 7.03. The minimum atomic E-state index is -0.663. The lowest BCUT2D eigenvalue weighted by molar-refractivity contribution is -0.123. The highest BCUT2D eigenvalue weighted by molar-refractivity contribution is 6.50. The van der Waals surface area contributed by atoms with Crippen LogP contribution in [0.4, 0.5) is 5.69 Å². The Hall–Kier alpha value is -4.21. The average Bonchev–Trinajstić information content (AvgIpc) is 3.54. The number of likely N-dealkylation sites (N-methyl/N-ethyl adjacent to an activating group) is 1. The number of hydrogen-bond donors (Lipinski definition) is 4. The molecule has 1 atom stereocenters. The Labute approximate surface area is 220 Å². The number of carbonyl (C=O) groups is 3. The number of aliphatic hydroxyl groups is 1. The first-order valence-corrected chi connectivity index (χ1v) is 12.8. The predicted molar refractivity (Wildman–Crippen MR) is 148 cm³/mol. The van der Waals surface area contributed by atoms with Gasteiger partial charge in [-0.3, -0.25) is 19.7 Å². The lowest BCUT2D eigenvalue weighted by atomic mass is 9.95. The Kier molecular flexibility index (Phi) is 6.88. The van der Waals surface area contributed by atoms with Crippen molar-refractivity contribution in [2.24, 2.45) is 0 Å². The fraction of sp³-hybridized carbons (Fsp3) is 0.276. The van der Waals surface area contributed by atoms with Crippen LogP contribution >= 0.6 is 0 Å². The number of rotatable bonds is 9. The van der Waals surface area contributed by atoms with Crippen LogP contribution in [0.1, 0.15) is 31.9 Å². The van der Waals surface area contributed by atoms with Crippen molar-refractivity contribution in [2.75, 3.05) is 25.0 Å². The molecule has 3 heterocycles. The van der Waals surface area contributed by atoms with Gasteiger partial charge >= 0.3 is 0 Å². The lowest BCUT2D eigenvalue weighted by Gasteiger charge is -2.22. The molecular formula is C29H31N5O4. The highest BCUT2D eigenvalue weighted by atomic mass is 16.3. The van der Waals surface area contributed by atoms with Crippen LogP contribution in [0.15, 0.2) is 54.9 Å². The van der Waals surface area contributed by atoms with Crippen LogP contribution in [0.25, 0.3) is 33.0 Å². The summed E-state index contributed by atoms with van der Waals surface area (Å²) in [7, 11) is 0. The Morgan fingerprint density at radius 2 is 1.74 bits per heavy atom. The van der Waals surface area contributed by atoms with E-state index < -0.39 is 17.9 Å². The Balaban J connectivity index is 1.68. The van der Waals surface area contributed by atoms with E-state index in [2.05, 4.69) is 20.5 Å². The third-order valence-electron chi connectivity index (χ3n) is 7.03. The summed E-state index contributed by atoms with van der Waals surface area (Å²) in [6.45, 7) is 7.95. The summed E-state index contributed by atoms with van der Waals surface area (Å²) < 4.78 is 1.89. The number of benzene rings is 2. The van der Waals surface area contributed by atoms with Gasteiger partial charge in [-0.15, -0.1) is 0 Å². The maximum absolute atomic E-state index is 13.2. The van der Waals surface area contributed by atoms with Crippen LogP contribution in [0, 0.1) is 0 Å². The fourth-order valence-electron chi connectivity index (χ4n) is 5.24. The molecule has 1 aliphatic rings. The largest absolute Gasteiger partial charge is 0.390 e. The fourth-order valence-corrected chi connectivity index (χ4v) is 5.24. The van der Waals surface area contributed by atoms with Crippen molar-refractivity contribution in [3.05, 3.63) is 66.0 Å². The minimum absolute atomic E-state index is 0.200. The van der Waals surface area contributed by atoms with Crippen molar-refractivity contribution in [1.82, 2.24) is 19.8 Å². The van der Waals surface area contributed by atoms with E-state index >= 15 is 0 Å². The van der Waals surface area contributed by atoms with Crippen LogP contribution in [0.2, 0.25) is 0 Å². The van der Waals surface area contributed by atoms with Crippen molar-refractivity contribution in [2.45, 2.75) is 33.4 Å². The van der Waals surface area contributed by atoms with Gasteiger partial charge in [0.25, 0.3) is 11.8 Å². The van der Waals surface area contributed by atoms with Crippen LogP contribution in [0.3, 0.4) is 0 Å². The van der Waals surface area contributed by atoms with Gasteiger partial charge in [-0.2, -0.15) is 0 Å². The summed E-state index contributed by atoms with van der Waals surface area (Å²) in [5, 5.41) is 17.8. The van der Waals surface area contributed by atoms with Crippen LogP contribution in [-0.4, -0.2) is 63.0 Å². The van der Waals surface area contributed by atoms with Gasteiger partial charge in [0.1, 0.15) is 0 Å². The normalized spacial score (nSPS) is 14.7. The highest BCUT2D eigenvalue weighted by Gasteiger charge is 2.35. The SMILES string of the molecule is CCN(CC)CC(O)Cn1cc(C2=C(c3c[nH]c4ccccc34)C(=O)NC2=O)c2ccc(NC(C)=O)cc21. The number of hydrogen-bond acceptors (Lipinski definition) is 5. The number of carbonyl (C=O) groups excluding carboxylic acids is 3. The molecule has 4 N–H and O–H groups in total. The van der Waals surface area contributed by atoms with Crippen molar-refractivity contribution in [3.63, 3.8) is 0 Å². The first-order valence-electron chi connectivity index (χ1n) is 12.8. The van der Waals surface area contributed by atoms with E-state index in [4.69, 9.17) is 0 Å². The van der Waals surface area contributed by atoms with Gasteiger partial charge in [-0.25, -0.2) is 0 Å². The van der Waals surface area contributed by atoms with Gasteiger partial charge in [-0.1, -0.05) is 38.1 Å². The number of aromatic nitrogens is 2. The molecule has 2 aromatic carbocycles. The number of H-pyrrole nitrogens is 1. The summed E-state index contributed by atoms with van der Waals surface area (Å²) in [6, 6.07) is 13.0. The number of anilines is 1. The molecule has 5 rings (SSSR count). The van der Waals surface area contributed by atoms with E-state index in [9.17, 15) is 19.5 Å². The number of fused-ring (bicyclic) bond motifs is 2. The van der Waals surface area contributed by atoms with E-state index in [1.54, 1.807) is 12.3 Å². The molecule has 0 aliphatic carbocycles. The Morgan fingerprint density at radius 3 is 2.45 bits per heavy atom. The van der Waals surface area contributed by atoms with Crippen molar-refractivity contribution >= 4 is 56.4 Å². The Morgan fingerprint density at radius 1 is 1.03 bits per heavy atom. The van der Waals surface area contributed by atoms with Gasteiger partial charge in [-0.05, 0) is 31.3 Å². The van der Waals surface area contributed by atoms with Crippen LogP contribution in [-0.2, 0) is 20.9 Å². The molecule has 0 spiro atoms. The predicted octanol–water partition coefficient (Wildman–Crippen LogP) is 3.35. The topological polar surface area (TPSA) is 119 Å². The monoisotopic (exact) mass is 513 g/mol. The summed E-state index contributed by atoms with van der Waals surface area (Å²) in [5.41, 5.74) is 4.04. The molecule has 196 valence electrons. The standard InChI is InChI=1S/C29H31N5O4/c1-4-33(5-2)14-19(36)15-34-16-23(21-11-10-18(12-25(21)34)31-17(3)35)27-26(28(37)32-29(27)38)22-13-30-24-9-7-6-8-20(22)24/h6-13,16,19,30,36H,4-5,14-15H2,1-3H3,(H,31,35)(H,32,37,38). The molecule has 9 nitrogen and oxygen atoms in total. The zero-order valence-electron chi connectivity index (χ0n) is 21.7. The number of nitrogens with zero attached hydrogens (tertiary/aromatic N) is 2. The number of aromatic amines is 1. The van der Waals surface area contributed by atoms with E-state index in [-0.39, 0.29) is 18.0 Å². The number of imide groups is 1. The third kappa shape index (κ3) is 4.62. The summed E-state index contributed by atoms with van der Waals surface area (Å²) in [6.07, 6.45) is 2.90.